The topological polar surface area (TPSA) is 102 Å². The number of hydrogen-bond donors (Lipinski definition) is 2. The molecular weight excluding hydrogens is 356 g/mol. The molecule has 0 aliphatic carbocycles. The van der Waals surface area contributed by atoms with Crippen LogP contribution < -0.4 is 10.6 Å². The molecule has 2 aromatic heterocycles. The Bertz CT molecular complexity index is 913. The van der Waals surface area contributed by atoms with E-state index in [1.807, 2.05) is 6.07 Å². The molecule has 0 aliphatic rings. The first kappa shape index (κ1) is 17.6. The molecule has 0 saturated heterocycles. The minimum atomic E-state index is -0.368. The molecule has 0 radical (unpaired) electrons. The van der Waals surface area contributed by atoms with Crippen LogP contribution >= 0.6 is 11.6 Å². The third-order valence-electron chi connectivity index (χ3n) is 3.48. The second kappa shape index (κ2) is 8.21. The van der Waals surface area contributed by atoms with Crippen molar-refractivity contribution in [2.75, 3.05) is 6.54 Å². The molecule has 132 valence electrons. The normalized spacial score (nSPS) is 10.3. The zero-order valence-corrected chi connectivity index (χ0v) is 14.3. The molecule has 0 atom stereocenters. The molecule has 2 heterocycles. The van der Waals surface area contributed by atoms with E-state index in [9.17, 15) is 9.59 Å². The Labute approximate surface area is 154 Å². The zero-order chi connectivity index (χ0) is 18.4. The summed E-state index contributed by atoms with van der Waals surface area (Å²) in [6.45, 7) is 0.0964. The van der Waals surface area contributed by atoms with Gasteiger partial charge in [-0.05, 0) is 24.3 Å². The molecule has 0 fully saturated rings. The summed E-state index contributed by atoms with van der Waals surface area (Å²) in [4.78, 5) is 32.2. The predicted molar refractivity (Wildman–Crippen MR) is 94.8 cm³/mol. The van der Waals surface area contributed by atoms with E-state index in [0.717, 1.165) is 5.56 Å². The van der Waals surface area contributed by atoms with Gasteiger partial charge < -0.3 is 10.6 Å². The van der Waals surface area contributed by atoms with E-state index in [0.29, 0.717) is 16.4 Å². The Morgan fingerprint density at radius 3 is 2.81 bits per heavy atom. The fourth-order valence-corrected chi connectivity index (χ4v) is 2.43. The molecule has 0 saturated carbocycles. The van der Waals surface area contributed by atoms with Gasteiger partial charge in [0.05, 0.1) is 6.54 Å². The molecular formula is C17H15ClN6O2. The zero-order valence-electron chi connectivity index (χ0n) is 13.6. The fourth-order valence-electron chi connectivity index (χ4n) is 2.24. The third-order valence-corrected chi connectivity index (χ3v) is 3.71. The number of nitrogens with zero attached hydrogens (tertiary/aromatic N) is 4. The van der Waals surface area contributed by atoms with Crippen molar-refractivity contribution in [3.05, 3.63) is 71.4 Å². The molecule has 3 aromatic rings. The summed E-state index contributed by atoms with van der Waals surface area (Å²) in [6.07, 6.45) is 4.56. The summed E-state index contributed by atoms with van der Waals surface area (Å²) in [5.74, 6) is -0.116. The molecule has 26 heavy (non-hydrogen) atoms. The van der Waals surface area contributed by atoms with Crippen molar-refractivity contribution >= 4 is 23.4 Å². The van der Waals surface area contributed by atoms with Gasteiger partial charge in [0, 0.05) is 28.9 Å². The first-order valence-electron chi connectivity index (χ1n) is 7.73. The minimum absolute atomic E-state index is 0.149. The Morgan fingerprint density at radius 2 is 2.04 bits per heavy atom. The summed E-state index contributed by atoms with van der Waals surface area (Å²) >= 11 is 5.85. The second-order valence-electron chi connectivity index (χ2n) is 5.30. The van der Waals surface area contributed by atoms with E-state index in [-0.39, 0.29) is 24.9 Å². The van der Waals surface area contributed by atoms with Crippen LogP contribution in [0.25, 0.3) is 5.82 Å². The van der Waals surface area contributed by atoms with Crippen molar-refractivity contribution in [1.29, 1.82) is 0 Å². The highest BCUT2D eigenvalue weighted by atomic mass is 35.5. The van der Waals surface area contributed by atoms with Gasteiger partial charge in [-0.15, -0.1) is 0 Å². The van der Waals surface area contributed by atoms with Crippen LogP contribution in [-0.2, 0) is 11.3 Å². The van der Waals surface area contributed by atoms with Gasteiger partial charge in [-0.25, -0.2) is 14.6 Å². The third kappa shape index (κ3) is 4.42. The Kier molecular flexibility index (Phi) is 5.55. The van der Waals surface area contributed by atoms with Gasteiger partial charge in [0.25, 0.3) is 5.91 Å². The molecule has 8 nitrogen and oxygen atoms in total. The standard InChI is InChI=1S/C17H15ClN6O2/c18-14-5-1-3-12(7-14)17(26)22-9-15(25)21-8-13-4-2-6-20-16(13)24-11-19-10-23-24/h1-7,10-11H,8-9H2,(H,21,25)(H,22,26). The van der Waals surface area contributed by atoms with Gasteiger partial charge >= 0.3 is 0 Å². The van der Waals surface area contributed by atoms with E-state index in [4.69, 9.17) is 11.6 Å². The van der Waals surface area contributed by atoms with Crippen LogP contribution in [-0.4, -0.2) is 38.1 Å². The number of aromatic nitrogens is 4. The van der Waals surface area contributed by atoms with Crippen molar-refractivity contribution in [2.24, 2.45) is 0 Å². The van der Waals surface area contributed by atoms with E-state index in [1.165, 1.54) is 23.4 Å². The average molecular weight is 371 g/mol. The summed E-state index contributed by atoms with van der Waals surface area (Å²) < 4.78 is 1.52. The van der Waals surface area contributed by atoms with Crippen LogP contribution in [0.5, 0.6) is 0 Å². The monoisotopic (exact) mass is 370 g/mol. The molecule has 9 heteroatoms. The summed E-state index contributed by atoms with van der Waals surface area (Å²) in [6, 6.07) is 10.1. The van der Waals surface area contributed by atoms with Crippen molar-refractivity contribution < 1.29 is 9.59 Å². The van der Waals surface area contributed by atoms with Gasteiger partial charge in [-0.3, -0.25) is 9.59 Å². The van der Waals surface area contributed by atoms with Crippen molar-refractivity contribution in [1.82, 2.24) is 30.4 Å². The first-order valence-corrected chi connectivity index (χ1v) is 8.10. The van der Waals surface area contributed by atoms with E-state index in [1.54, 1.807) is 30.5 Å². The highest BCUT2D eigenvalue weighted by Gasteiger charge is 2.10. The lowest BCUT2D eigenvalue weighted by Gasteiger charge is -2.10. The van der Waals surface area contributed by atoms with Crippen LogP contribution in [0.4, 0.5) is 0 Å². The van der Waals surface area contributed by atoms with E-state index >= 15 is 0 Å². The maximum Gasteiger partial charge on any atom is 0.251 e. The maximum absolute atomic E-state index is 12.0. The Morgan fingerprint density at radius 1 is 1.15 bits per heavy atom. The lowest BCUT2D eigenvalue weighted by atomic mass is 10.2. The van der Waals surface area contributed by atoms with Gasteiger partial charge in [0.15, 0.2) is 5.82 Å². The average Bonchev–Trinajstić information content (AvgIpc) is 3.19. The number of benzene rings is 1. The number of carbonyl (C=O) groups excluding carboxylic acids is 2. The fraction of sp³-hybridized carbons (Fsp3) is 0.118. The molecule has 0 spiro atoms. The largest absolute Gasteiger partial charge is 0.350 e. The number of pyridine rings is 1. The van der Waals surface area contributed by atoms with E-state index < -0.39 is 0 Å². The smallest absolute Gasteiger partial charge is 0.251 e. The van der Waals surface area contributed by atoms with Crippen LogP contribution in [0, 0.1) is 0 Å². The molecule has 1 aromatic carbocycles. The summed E-state index contributed by atoms with van der Waals surface area (Å²) in [5, 5.41) is 9.78. The number of rotatable bonds is 6. The van der Waals surface area contributed by atoms with Crippen molar-refractivity contribution in [3.8, 4) is 5.82 Å². The number of amides is 2. The molecule has 0 bridgehead atoms. The molecule has 2 N–H and O–H groups in total. The lowest BCUT2D eigenvalue weighted by Crippen LogP contribution is -2.36. The molecule has 0 aliphatic heterocycles. The van der Waals surface area contributed by atoms with Crippen LogP contribution in [0.2, 0.25) is 5.02 Å². The number of nitrogens with one attached hydrogen (secondary N) is 2. The summed E-state index contributed by atoms with van der Waals surface area (Å²) in [5.41, 5.74) is 1.17. The maximum atomic E-state index is 12.0. The summed E-state index contributed by atoms with van der Waals surface area (Å²) in [7, 11) is 0. The van der Waals surface area contributed by atoms with Crippen LogP contribution in [0.1, 0.15) is 15.9 Å². The number of hydrogen-bond acceptors (Lipinski definition) is 5. The van der Waals surface area contributed by atoms with Crippen molar-refractivity contribution in [2.45, 2.75) is 6.54 Å². The van der Waals surface area contributed by atoms with Gasteiger partial charge in [0.2, 0.25) is 5.91 Å². The molecule has 0 unspecified atom stereocenters. The second-order valence-corrected chi connectivity index (χ2v) is 5.73. The number of halogens is 1. The Hall–Kier alpha value is -3.26. The number of carbonyl (C=O) groups is 2. The van der Waals surface area contributed by atoms with Crippen LogP contribution in [0.3, 0.4) is 0 Å². The van der Waals surface area contributed by atoms with Gasteiger partial charge in [0.1, 0.15) is 12.7 Å². The predicted octanol–water partition coefficient (Wildman–Crippen LogP) is 1.36. The minimum Gasteiger partial charge on any atom is -0.350 e. The van der Waals surface area contributed by atoms with Crippen LogP contribution in [0.15, 0.2) is 55.2 Å². The Balaban J connectivity index is 1.54. The molecule has 3 rings (SSSR count). The SMILES string of the molecule is O=C(CNC(=O)c1cccc(Cl)c1)NCc1cccnc1-n1cncn1. The van der Waals surface area contributed by atoms with E-state index in [2.05, 4.69) is 25.7 Å². The quantitative estimate of drug-likeness (QED) is 0.682. The van der Waals surface area contributed by atoms with Gasteiger partial charge in [-0.1, -0.05) is 23.7 Å². The highest BCUT2D eigenvalue weighted by molar-refractivity contribution is 6.30. The van der Waals surface area contributed by atoms with Crippen molar-refractivity contribution in [3.63, 3.8) is 0 Å². The van der Waals surface area contributed by atoms with Gasteiger partial charge in [-0.2, -0.15) is 5.10 Å². The highest BCUT2D eigenvalue weighted by Crippen LogP contribution is 2.10. The lowest BCUT2D eigenvalue weighted by molar-refractivity contribution is -0.120. The molecule has 2 amide bonds. The first-order chi connectivity index (χ1) is 12.6.